The van der Waals surface area contributed by atoms with Crippen molar-refractivity contribution in [3.8, 4) is 0 Å². The van der Waals surface area contributed by atoms with Gasteiger partial charge in [0.1, 0.15) is 11.6 Å². The summed E-state index contributed by atoms with van der Waals surface area (Å²) < 4.78 is 7.27. The van der Waals surface area contributed by atoms with Gasteiger partial charge in [-0.25, -0.2) is 0 Å². The minimum atomic E-state index is 0.160. The molecule has 1 spiro atoms. The van der Waals surface area contributed by atoms with E-state index in [1.165, 1.54) is 0 Å². The van der Waals surface area contributed by atoms with Gasteiger partial charge in [0.2, 0.25) is 5.91 Å². The van der Waals surface area contributed by atoms with Crippen LogP contribution in [-0.2, 0) is 29.4 Å². The van der Waals surface area contributed by atoms with Crippen LogP contribution in [0.2, 0.25) is 0 Å². The van der Waals surface area contributed by atoms with Crippen LogP contribution in [0.5, 0.6) is 0 Å². The maximum atomic E-state index is 11.9. The largest absolute Gasteiger partial charge is 0.380 e. The molecule has 2 fully saturated rings. The van der Waals surface area contributed by atoms with Gasteiger partial charge in [-0.05, 0) is 18.8 Å². The molecule has 6 nitrogen and oxygen atoms in total. The smallest absolute Gasteiger partial charge is 0.220 e. The molecule has 116 valence electrons. The molecule has 0 radical (unpaired) electrons. The average Bonchev–Trinajstić information content (AvgIpc) is 2.72. The molecule has 0 atom stereocenters. The Labute approximate surface area is 125 Å². The molecule has 1 N–H and O–H groups in total. The predicted octanol–water partition coefficient (Wildman–Crippen LogP) is 0.853. The molecular weight excluding hydrogens is 268 g/mol. The first kappa shape index (κ1) is 14.5. The second kappa shape index (κ2) is 5.75. The van der Waals surface area contributed by atoms with Crippen LogP contribution >= 0.6 is 0 Å². The Bertz CT molecular complexity index is 514. The Hall–Kier alpha value is -1.43. The summed E-state index contributed by atoms with van der Waals surface area (Å²) in [7, 11) is 1.98. The molecule has 1 aliphatic heterocycles. The second-order valence-electron chi connectivity index (χ2n) is 6.52. The zero-order valence-electron chi connectivity index (χ0n) is 12.9. The molecule has 1 saturated carbocycles. The molecule has 6 heteroatoms. The number of hydrogen-bond acceptors (Lipinski definition) is 4. The van der Waals surface area contributed by atoms with Crippen LogP contribution in [0.3, 0.4) is 0 Å². The van der Waals surface area contributed by atoms with Crippen LogP contribution in [0.1, 0.15) is 37.8 Å². The van der Waals surface area contributed by atoms with Crippen molar-refractivity contribution in [2.24, 2.45) is 18.4 Å². The third-order valence-electron chi connectivity index (χ3n) is 4.78. The topological polar surface area (TPSA) is 69.0 Å². The van der Waals surface area contributed by atoms with E-state index >= 15 is 0 Å². The molecule has 0 aromatic carbocycles. The van der Waals surface area contributed by atoms with E-state index in [1.807, 2.05) is 11.6 Å². The quantitative estimate of drug-likeness (QED) is 0.844. The fourth-order valence-electron chi connectivity index (χ4n) is 3.51. The summed E-state index contributed by atoms with van der Waals surface area (Å²) in [6.45, 7) is 4.50. The number of nitrogens with one attached hydrogen (secondary N) is 1. The van der Waals surface area contributed by atoms with Crippen molar-refractivity contribution in [1.82, 2.24) is 20.1 Å². The highest BCUT2D eigenvalue weighted by molar-refractivity contribution is 5.76. The lowest BCUT2D eigenvalue weighted by atomic mass is 9.60. The molecule has 1 saturated heterocycles. The van der Waals surface area contributed by atoms with Crippen molar-refractivity contribution in [1.29, 1.82) is 0 Å². The minimum absolute atomic E-state index is 0.160. The van der Waals surface area contributed by atoms with Crippen molar-refractivity contribution >= 4 is 5.91 Å². The second-order valence-corrected chi connectivity index (χ2v) is 6.52. The lowest BCUT2D eigenvalue weighted by molar-refractivity contribution is -0.180. The van der Waals surface area contributed by atoms with Crippen LogP contribution in [-0.4, -0.2) is 40.4 Å². The number of ether oxygens (including phenoxy) is 1. The number of aryl methyl sites for hydroxylation is 1. The first-order valence-electron chi connectivity index (χ1n) is 7.83. The van der Waals surface area contributed by atoms with E-state index in [9.17, 15) is 4.79 Å². The van der Waals surface area contributed by atoms with Gasteiger partial charge in [-0.2, -0.15) is 0 Å². The molecular formula is C15H24N4O2. The van der Waals surface area contributed by atoms with Gasteiger partial charge >= 0.3 is 0 Å². The van der Waals surface area contributed by atoms with Crippen LogP contribution < -0.4 is 5.32 Å². The molecule has 2 aliphatic rings. The van der Waals surface area contributed by atoms with E-state index in [0.717, 1.165) is 50.5 Å². The lowest BCUT2D eigenvalue weighted by Gasteiger charge is -2.53. The van der Waals surface area contributed by atoms with Crippen molar-refractivity contribution < 1.29 is 9.53 Å². The standard InChI is InChI=1S/C15H24N4O2/c1-3-12-17-18-13(19(12)2)4-5-16-14(20)6-11-7-15(8-11)9-21-10-15/h11H,3-10H2,1-2H3,(H,16,20). The fraction of sp³-hybridized carbons (Fsp3) is 0.800. The molecule has 1 aromatic rings. The predicted molar refractivity (Wildman–Crippen MR) is 77.7 cm³/mol. The summed E-state index contributed by atoms with van der Waals surface area (Å²) in [4.78, 5) is 11.9. The van der Waals surface area contributed by atoms with E-state index < -0.39 is 0 Å². The molecule has 21 heavy (non-hydrogen) atoms. The normalized spacial score (nSPS) is 20.1. The van der Waals surface area contributed by atoms with Gasteiger partial charge in [-0.15, -0.1) is 10.2 Å². The van der Waals surface area contributed by atoms with Gasteiger partial charge in [-0.1, -0.05) is 6.92 Å². The molecule has 1 amide bonds. The SMILES string of the molecule is CCc1nnc(CCNC(=O)CC2CC3(COC3)C2)n1C. The highest BCUT2D eigenvalue weighted by Crippen LogP contribution is 2.51. The Morgan fingerprint density at radius 2 is 2.10 bits per heavy atom. The minimum Gasteiger partial charge on any atom is -0.380 e. The van der Waals surface area contributed by atoms with Crippen molar-refractivity contribution in [3.63, 3.8) is 0 Å². The number of carbonyl (C=O) groups excluding carboxylic acids is 1. The van der Waals surface area contributed by atoms with Gasteiger partial charge in [0.15, 0.2) is 0 Å². The monoisotopic (exact) mass is 292 g/mol. The van der Waals surface area contributed by atoms with E-state index in [-0.39, 0.29) is 5.91 Å². The van der Waals surface area contributed by atoms with Crippen molar-refractivity contribution in [2.45, 2.75) is 39.0 Å². The molecule has 2 heterocycles. The zero-order chi connectivity index (χ0) is 14.9. The molecule has 0 bridgehead atoms. The maximum Gasteiger partial charge on any atom is 0.220 e. The molecule has 3 rings (SSSR count). The Balaban J connectivity index is 1.35. The van der Waals surface area contributed by atoms with Crippen LogP contribution in [0, 0.1) is 11.3 Å². The summed E-state index contributed by atoms with van der Waals surface area (Å²) in [5, 5.41) is 11.3. The molecule has 1 aliphatic carbocycles. The van der Waals surface area contributed by atoms with E-state index in [4.69, 9.17) is 4.74 Å². The molecule has 0 unspecified atom stereocenters. The fourth-order valence-corrected chi connectivity index (χ4v) is 3.51. The Kier molecular flexibility index (Phi) is 3.97. The third kappa shape index (κ3) is 2.95. The Morgan fingerprint density at radius 3 is 2.67 bits per heavy atom. The van der Waals surface area contributed by atoms with Gasteiger partial charge < -0.3 is 14.6 Å². The lowest BCUT2D eigenvalue weighted by Crippen LogP contribution is -2.52. The number of amides is 1. The van der Waals surface area contributed by atoms with Crippen LogP contribution in [0.4, 0.5) is 0 Å². The molecule has 1 aromatic heterocycles. The summed E-state index contributed by atoms with van der Waals surface area (Å²) in [6.07, 6.45) is 4.58. The van der Waals surface area contributed by atoms with Crippen LogP contribution in [0.15, 0.2) is 0 Å². The number of aromatic nitrogens is 3. The van der Waals surface area contributed by atoms with Crippen molar-refractivity contribution in [2.75, 3.05) is 19.8 Å². The summed E-state index contributed by atoms with van der Waals surface area (Å²) in [5.41, 5.74) is 0.445. The van der Waals surface area contributed by atoms with Gasteiger partial charge in [0, 0.05) is 38.3 Å². The number of hydrogen-bond donors (Lipinski definition) is 1. The summed E-state index contributed by atoms with van der Waals surface area (Å²) in [5.74, 6) is 2.63. The van der Waals surface area contributed by atoms with Gasteiger partial charge in [0.05, 0.1) is 13.2 Å². The highest BCUT2D eigenvalue weighted by Gasteiger charge is 2.49. The average molecular weight is 292 g/mol. The zero-order valence-corrected chi connectivity index (χ0v) is 12.9. The highest BCUT2D eigenvalue weighted by atomic mass is 16.5. The summed E-state index contributed by atoms with van der Waals surface area (Å²) in [6, 6.07) is 0. The van der Waals surface area contributed by atoms with Gasteiger partial charge in [-0.3, -0.25) is 4.79 Å². The Morgan fingerprint density at radius 1 is 1.38 bits per heavy atom. The van der Waals surface area contributed by atoms with Gasteiger partial charge in [0.25, 0.3) is 0 Å². The van der Waals surface area contributed by atoms with Crippen LogP contribution in [0.25, 0.3) is 0 Å². The van der Waals surface area contributed by atoms with E-state index in [1.54, 1.807) is 0 Å². The number of rotatable bonds is 6. The first-order valence-corrected chi connectivity index (χ1v) is 7.83. The first-order chi connectivity index (χ1) is 10.1. The van der Waals surface area contributed by atoms with E-state index in [2.05, 4.69) is 22.4 Å². The van der Waals surface area contributed by atoms with Crippen molar-refractivity contribution in [3.05, 3.63) is 11.6 Å². The third-order valence-corrected chi connectivity index (χ3v) is 4.78. The van der Waals surface area contributed by atoms with E-state index in [0.29, 0.717) is 24.3 Å². The number of carbonyl (C=O) groups is 1. The summed E-state index contributed by atoms with van der Waals surface area (Å²) >= 11 is 0. The number of nitrogens with zero attached hydrogens (tertiary/aromatic N) is 3. The maximum absolute atomic E-state index is 11.9.